The van der Waals surface area contributed by atoms with Crippen LogP contribution in [0.1, 0.15) is 16.7 Å². The number of aliphatic hydroxyl groups is 1. The van der Waals surface area contributed by atoms with Crippen molar-refractivity contribution in [3.05, 3.63) is 77.9 Å². The number of aliphatic hydroxyl groups excluding tert-OH is 1. The Morgan fingerprint density at radius 2 is 1.50 bits per heavy atom. The third-order valence-corrected chi connectivity index (χ3v) is 3.29. The highest BCUT2D eigenvalue weighted by Crippen LogP contribution is 2.11. The second-order valence-corrected chi connectivity index (χ2v) is 4.87. The topological polar surface area (TPSA) is 23.5 Å². The van der Waals surface area contributed by atoms with Gasteiger partial charge in [0.2, 0.25) is 0 Å². The Kier molecular flexibility index (Phi) is 5.54. The molecule has 0 aliphatic carbocycles. The zero-order valence-corrected chi connectivity index (χ0v) is 11.7. The minimum absolute atomic E-state index is 0.178. The molecule has 2 aromatic carbocycles. The van der Waals surface area contributed by atoms with Gasteiger partial charge < -0.3 is 5.11 Å². The molecule has 0 amide bonds. The summed E-state index contributed by atoms with van der Waals surface area (Å²) in [4.78, 5) is 2.25. The number of rotatable bonds is 7. The van der Waals surface area contributed by atoms with Crippen molar-refractivity contribution in [2.75, 3.05) is 13.2 Å². The van der Waals surface area contributed by atoms with Gasteiger partial charge in [0.1, 0.15) is 0 Å². The van der Waals surface area contributed by atoms with Crippen LogP contribution in [-0.4, -0.2) is 23.2 Å². The van der Waals surface area contributed by atoms with Crippen LogP contribution in [0.3, 0.4) is 0 Å². The minimum Gasteiger partial charge on any atom is -0.395 e. The summed E-state index contributed by atoms with van der Waals surface area (Å²) in [5.74, 6) is 0. The van der Waals surface area contributed by atoms with E-state index in [1.165, 1.54) is 11.1 Å². The molecule has 0 aliphatic rings. The van der Waals surface area contributed by atoms with Gasteiger partial charge in [0, 0.05) is 19.6 Å². The zero-order chi connectivity index (χ0) is 14.2. The van der Waals surface area contributed by atoms with Crippen LogP contribution < -0.4 is 0 Å². The fourth-order valence-corrected chi connectivity index (χ4v) is 2.21. The maximum Gasteiger partial charge on any atom is 0.0558 e. The average molecular weight is 267 g/mol. The molecule has 0 heterocycles. The molecule has 0 aromatic heterocycles. The lowest BCUT2D eigenvalue weighted by Gasteiger charge is -2.21. The molecule has 2 nitrogen and oxygen atoms in total. The molecule has 0 saturated carbocycles. The molecule has 104 valence electrons. The largest absolute Gasteiger partial charge is 0.395 e. The second-order valence-electron chi connectivity index (χ2n) is 4.87. The monoisotopic (exact) mass is 267 g/mol. The van der Waals surface area contributed by atoms with Gasteiger partial charge in [-0.1, -0.05) is 67.3 Å². The summed E-state index contributed by atoms with van der Waals surface area (Å²) in [6.07, 6.45) is 1.85. The minimum atomic E-state index is 0.178. The summed E-state index contributed by atoms with van der Waals surface area (Å²) in [6.45, 7) is 6.31. The SMILES string of the molecule is C=Cc1ccc(CN(CCO)Cc2ccccc2)cc1. The maximum atomic E-state index is 9.22. The first-order valence-corrected chi connectivity index (χ1v) is 6.90. The van der Waals surface area contributed by atoms with Crippen molar-refractivity contribution in [1.82, 2.24) is 4.90 Å². The lowest BCUT2D eigenvalue weighted by Crippen LogP contribution is -2.26. The summed E-state index contributed by atoms with van der Waals surface area (Å²) >= 11 is 0. The molecule has 20 heavy (non-hydrogen) atoms. The predicted octanol–water partition coefficient (Wildman–Crippen LogP) is 3.32. The summed E-state index contributed by atoms with van der Waals surface area (Å²) in [5, 5.41) is 9.22. The molecule has 0 saturated heterocycles. The van der Waals surface area contributed by atoms with Crippen LogP contribution >= 0.6 is 0 Å². The van der Waals surface area contributed by atoms with Gasteiger partial charge in [0.05, 0.1) is 6.61 Å². The molecule has 0 fully saturated rings. The Morgan fingerprint density at radius 3 is 2.05 bits per heavy atom. The van der Waals surface area contributed by atoms with Gasteiger partial charge in [-0.3, -0.25) is 4.90 Å². The van der Waals surface area contributed by atoms with E-state index in [1.54, 1.807) is 0 Å². The first kappa shape index (κ1) is 14.5. The Hall–Kier alpha value is -1.90. The van der Waals surface area contributed by atoms with E-state index in [-0.39, 0.29) is 6.61 Å². The van der Waals surface area contributed by atoms with E-state index in [0.717, 1.165) is 18.7 Å². The van der Waals surface area contributed by atoms with Crippen LogP contribution in [0.4, 0.5) is 0 Å². The quantitative estimate of drug-likeness (QED) is 0.832. The molecular weight excluding hydrogens is 246 g/mol. The van der Waals surface area contributed by atoms with Crippen LogP contribution in [0.2, 0.25) is 0 Å². The lowest BCUT2D eigenvalue weighted by molar-refractivity contribution is 0.184. The highest BCUT2D eigenvalue weighted by molar-refractivity contribution is 5.47. The number of hydrogen-bond donors (Lipinski definition) is 1. The molecule has 0 bridgehead atoms. The lowest BCUT2D eigenvalue weighted by atomic mass is 10.1. The molecule has 2 rings (SSSR count). The van der Waals surface area contributed by atoms with E-state index >= 15 is 0 Å². The molecule has 0 radical (unpaired) electrons. The standard InChI is InChI=1S/C18H21NO/c1-2-16-8-10-18(11-9-16)15-19(12-13-20)14-17-6-4-3-5-7-17/h2-11,20H,1,12-15H2. The average Bonchev–Trinajstić information content (AvgIpc) is 2.49. The number of nitrogens with zero attached hydrogens (tertiary/aromatic N) is 1. The van der Waals surface area contributed by atoms with Crippen molar-refractivity contribution in [3.63, 3.8) is 0 Å². The normalized spacial score (nSPS) is 10.7. The van der Waals surface area contributed by atoms with Gasteiger partial charge in [0.15, 0.2) is 0 Å². The van der Waals surface area contributed by atoms with E-state index in [0.29, 0.717) is 6.54 Å². The first-order chi connectivity index (χ1) is 9.81. The smallest absolute Gasteiger partial charge is 0.0558 e. The van der Waals surface area contributed by atoms with Crippen molar-refractivity contribution in [2.24, 2.45) is 0 Å². The fraction of sp³-hybridized carbons (Fsp3) is 0.222. The van der Waals surface area contributed by atoms with Gasteiger partial charge in [-0.15, -0.1) is 0 Å². The van der Waals surface area contributed by atoms with Crippen LogP contribution in [0.5, 0.6) is 0 Å². The van der Waals surface area contributed by atoms with E-state index in [1.807, 2.05) is 24.3 Å². The van der Waals surface area contributed by atoms with Crippen LogP contribution in [-0.2, 0) is 13.1 Å². The molecule has 0 unspecified atom stereocenters. The van der Waals surface area contributed by atoms with Gasteiger partial charge in [-0.05, 0) is 16.7 Å². The van der Waals surface area contributed by atoms with E-state index in [4.69, 9.17) is 0 Å². The first-order valence-electron chi connectivity index (χ1n) is 6.90. The summed E-state index contributed by atoms with van der Waals surface area (Å²) in [7, 11) is 0. The molecule has 2 aromatic rings. The Bertz CT molecular complexity index is 519. The zero-order valence-electron chi connectivity index (χ0n) is 11.7. The Balaban J connectivity index is 2.02. The van der Waals surface area contributed by atoms with Crippen molar-refractivity contribution in [3.8, 4) is 0 Å². The highest BCUT2D eigenvalue weighted by Gasteiger charge is 2.06. The van der Waals surface area contributed by atoms with E-state index in [2.05, 4.69) is 47.9 Å². The molecule has 0 atom stereocenters. The molecule has 0 spiro atoms. The van der Waals surface area contributed by atoms with Crippen molar-refractivity contribution in [1.29, 1.82) is 0 Å². The number of benzene rings is 2. The fourth-order valence-electron chi connectivity index (χ4n) is 2.21. The third-order valence-electron chi connectivity index (χ3n) is 3.29. The molecule has 1 N–H and O–H groups in total. The molecule has 2 heteroatoms. The summed E-state index contributed by atoms with van der Waals surface area (Å²) < 4.78 is 0. The third kappa shape index (κ3) is 4.34. The summed E-state index contributed by atoms with van der Waals surface area (Å²) in [6, 6.07) is 18.7. The van der Waals surface area contributed by atoms with Gasteiger partial charge in [0.25, 0.3) is 0 Å². The van der Waals surface area contributed by atoms with Gasteiger partial charge in [-0.2, -0.15) is 0 Å². The molecule has 0 aliphatic heterocycles. The van der Waals surface area contributed by atoms with E-state index < -0.39 is 0 Å². The van der Waals surface area contributed by atoms with Crippen LogP contribution in [0.15, 0.2) is 61.2 Å². The number of hydrogen-bond acceptors (Lipinski definition) is 2. The van der Waals surface area contributed by atoms with E-state index in [9.17, 15) is 5.11 Å². The van der Waals surface area contributed by atoms with Crippen molar-refractivity contribution >= 4 is 6.08 Å². The highest BCUT2D eigenvalue weighted by atomic mass is 16.3. The van der Waals surface area contributed by atoms with Crippen molar-refractivity contribution in [2.45, 2.75) is 13.1 Å². The van der Waals surface area contributed by atoms with Crippen LogP contribution in [0.25, 0.3) is 6.08 Å². The predicted molar refractivity (Wildman–Crippen MR) is 84.2 cm³/mol. The maximum absolute atomic E-state index is 9.22. The Labute approximate surface area is 121 Å². The van der Waals surface area contributed by atoms with Gasteiger partial charge in [-0.25, -0.2) is 0 Å². The second kappa shape index (κ2) is 7.63. The van der Waals surface area contributed by atoms with Crippen LogP contribution in [0, 0.1) is 0 Å². The molecular formula is C18H21NO. The Morgan fingerprint density at radius 1 is 0.900 bits per heavy atom. The summed E-state index contributed by atoms with van der Waals surface area (Å²) in [5.41, 5.74) is 3.65. The van der Waals surface area contributed by atoms with Gasteiger partial charge >= 0.3 is 0 Å². The van der Waals surface area contributed by atoms with Crippen molar-refractivity contribution < 1.29 is 5.11 Å².